The van der Waals surface area contributed by atoms with Crippen LogP contribution in [-0.4, -0.2) is 73.4 Å². The predicted octanol–water partition coefficient (Wildman–Crippen LogP) is 1.61. The molecule has 2 heterocycles. The molecule has 2 amide bonds. The SMILES string of the molecule is CN(C)c1ccc(CNC(=O)CN2CCCN(C(=O)c3ccncc3)CC2)cc1. The van der Waals surface area contributed by atoms with E-state index in [9.17, 15) is 9.59 Å². The maximum Gasteiger partial charge on any atom is 0.254 e. The van der Waals surface area contributed by atoms with Crippen LogP contribution in [0.3, 0.4) is 0 Å². The molecule has 29 heavy (non-hydrogen) atoms. The van der Waals surface area contributed by atoms with Crippen molar-refractivity contribution in [2.24, 2.45) is 0 Å². The summed E-state index contributed by atoms with van der Waals surface area (Å²) in [6.45, 7) is 3.71. The highest BCUT2D eigenvalue weighted by atomic mass is 16.2. The predicted molar refractivity (Wildman–Crippen MR) is 114 cm³/mol. The van der Waals surface area contributed by atoms with Crippen molar-refractivity contribution in [3.8, 4) is 0 Å². The number of carbonyl (C=O) groups is 2. The molecule has 1 aromatic heterocycles. The number of aromatic nitrogens is 1. The fraction of sp³-hybridized carbons (Fsp3) is 0.409. The smallest absolute Gasteiger partial charge is 0.254 e. The van der Waals surface area contributed by atoms with Gasteiger partial charge < -0.3 is 15.1 Å². The second-order valence-electron chi connectivity index (χ2n) is 7.50. The van der Waals surface area contributed by atoms with E-state index in [1.54, 1.807) is 24.5 Å². The van der Waals surface area contributed by atoms with Crippen LogP contribution in [0, 0.1) is 0 Å². The van der Waals surface area contributed by atoms with Crippen LogP contribution in [0.15, 0.2) is 48.8 Å². The Morgan fingerprint density at radius 1 is 1.00 bits per heavy atom. The van der Waals surface area contributed by atoms with Crippen LogP contribution in [0.4, 0.5) is 5.69 Å². The van der Waals surface area contributed by atoms with Gasteiger partial charge in [0.2, 0.25) is 5.91 Å². The summed E-state index contributed by atoms with van der Waals surface area (Å²) in [5.41, 5.74) is 2.87. The first-order valence-corrected chi connectivity index (χ1v) is 9.97. The number of benzene rings is 1. The van der Waals surface area contributed by atoms with Crippen molar-refractivity contribution in [1.29, 1.82) is 0 Å². The zero-order valence-electron chi connectivity index (χ0n) is 17.2. The van der Waals surface area contributed by atoms with Gasteiger partial charge in [-0.1, -0.05) is 12.1 Å². The van der Waals surface area contributed by atoms with E-state index in [-0.39, 0.29) is 11.8 Å². The van der Waals surface area contributed by atoms with Crippen LogP contribution in [0.25, 0.3) is 0 Å². The quantitative estimate of drug-likeness (QED) is 0.805. The second-order valence-corrected chi connectivity index (χ2v) is 7.50. The van der Waals surface area contributed by atoms with Crippen LogP contribution in [0.2, 0.25) is 0 Å². The van der Waals surface area contributed by atoms with Gasteiger partial charge in [-0.2, -0.15) is 0 Å². The van der Waals surface area contributed by atoms with Crippen molar-refractivity contribution in [3.63, 3.8) is 0 Å². The van der Waals surface area contributed by atoms with Gasteiger partial charge in [0.1, 0.15) is 0 Å². The topological polar surface area (TPSA) is 68.8 Å². The summed E-state index contributed by atoms with van der Waals surface area (Å²) < 4.78 is 0. The Morgan fingerprint density at radius 2 is 1.72 bits per heavy atom. The molecule has 1 saturated heterocycles. The lowest BCUT2D eigenvalue weighted by atomic mass is 10.2. The van der Waals surface area contributed by atoms with Crippen molar-refractivity contribution in [2.75, 3.05) is 51.7 Å². The van der Waals surface area contributed by atoms with E-state index in [0.717, 1.165) is 24.2 Å². The highest BCUT2D eigenvalue weighted by Gasteiger charge is 2.21. The minimum Gasteiger partial charge on any atom is -0.378 e. The molecule has 0 spiro atoms. The molecule has 0 saturated carbocycles. The molecule has 1 aliphatic heterocycles. The van der Waals surface area contributed by atoms with Crippen molar-refractivity contribution in [3.05, 3.63) is 59.9 Å². The van der Waals surface area contributed by atoms with Crippen molar-refractivity contribution < 1.29 is 9.59 Å². The Bertz CT molecular complexity index is 808. The molecule has 1 fully saturated rings. The third kappa shape index (κ3) is 6.02. The van der Waals surface area contributed by atoms with E-state index in [1.807, 2.05) is 48.2 Å². The molecule has 1 aromatic carbocycles. The van der Waals surface area contributed by atoms with E-state index in [2.05, 4.69) is 15.2 Å². The zero-order chi connectivity index (χ0) is 20.6. The van der Waals surface area contributed by atoms with Gasteiger partial charge in [0.05, 0.1) is 6.54 Å². The summed E-state index contributed by atoms with van der Waals surface area (Å²) >= 11 is 0. The lowest BCUT2D eigenvalue weighted by molar-refractivity contribution is -0.122. The fourth-order valence-corrected chi connectivity index (χ4v) is 3.38. The van der Waals surface area contributed by atoms with Crippen molar-refractivity contribution in [2.45, 2.75) is 13.0 Å². The number of hydrogen-bond donors (Lipinski definition) is 1. The van der Waals surface area contributed by atoms with E-state index in [1.165, 1.54) is 0 Å². The van der Waals surface area contributed by atoms with Crippen molar-refractivity contribution >= 4 is 17.5 Å². The largest absolute Gasteiger partial charge is 0.378 e. The van der Waals surface area contributed by atoms with Crippen LogP contribution in [0.1, 0.15) is 22.3 Å². The number of hydrogen-bond acceptors (Lipinski definition) is 5. The Labute approximate surface area is 172 Å². The van der Waals surface area contributed by atoms with Gasteiger partial charge in [0, 0.05) is 70.5 Å². The molecule has 0 atom stereocenters. The number of nitrogens with zero attached hydrogens (tertiary/aromatic N) is 4. The Balaban J connectivity index is 1.44. The third-order valence-corrected chi connectivity index (χ3v) is 5.11. The lowest BCUT2D eigenvalue weighted by Gasteiger charge is -2.21. The minimum atomic E-state index is 0.00981. The molecule has 0 bridgehead atoms. The Morgan fingerprint density at radius 3 is 2.41 bits per heavy atom. The minimum absolute atomic E-state index is 0.00981. The highest BCUT2D eigenvalue weighted by molar-refractivity contribution is 5.94. The van der Waals surface area contributed by atoms with E-state index < -0.39 is 0 Å². The van der Waals surface area contributed by atoms with Crippen molar-refractivity contribution in [1.82, 2.24) is 20.1 Å². The number of nitrogens with one attached hydrogen (secondary N) is 1. The number of pyridine rings is 1. The normalized spacial score (nSPS) is 14.9. The van der Waals surface area contributed by atoms with Crippen LogP contribution < -0.4 is 10.2 Å². The molecule has 7 heteroatoms. The molecule has 3 rings (SSSR count). The standard InChI is InChI=1S/C22H29N5O2/c1-25(2)20-6-4-18(5-7-20)16-24-21(28)17-26-12-3-13-27(15-14-26)22(29)19-8-10-23-11-9-19/h4-11H,3,12-17H2,1-2H3,(H,24,28). The summed E-state index contributed by atoms with van der Waals surface area (Å²) in [5.74, 6) is 0.0375. The van der Waals surface area contributed by atoms with Gasteiger partial charge in [0.15, 0.2) is 0 Å². The molecular weight excluding hydrogens is 366 g/mol. The monoisotopic (exact) mass is 395 g/mol. The van der Waals surface area contributed by atoms with Gasteiger partial charge in [-0.15, -0.1) is 0 Å². The van der Waals surface area contributed by atoms with Gasteiger partial charge in [-0.25, -0.2) is 0 Å². The number of carbonyl (C=O) groups excluding carboxylic acids is 2. The van der Waals surface area contributed by atoms with Gasteiger partial charge in [-0.05, 0) is 36.2 Å². The first-order valence-electron chi connectivity index (χ1n) is 9.97. The average molecular weight is 396 g/mol. The first kappa shape index (κ1) is 20.8. The molecule has 0 aliphatic carbocycles. The van der Waals surface area contributed by atoms with Gasteiger partial charge in [0.25, 0.3) is 5.91 Å². The molecule has 1 N–H and O–H groups in total. The molecule has 1 aliphatic rings. The number of rotatable bonds is 6. The molecule has 7 nitrogen and oxygen atoms in total. The van der Waals surface area contributed by atoms with Gasteiger partial charge in [-0.3, -0.25) is 19.5 Å². The maximum absolute atomic E-state index is 12.6. The number of amides is 2. The summed E-state index contributed by atoms with van der Waals surface area (Å²) in [6.07, 6.45) is 4.13. The van der Waals surface area contributed by atoms with Crippen LogP contribution in [-0.2, 0) is 11.3 Å². The Hall–Kier alpha value is -2.93. The van der Waals surface area contributed by atoms with E-state index >= 15 is 0 Å². The lowest BCUT2D eigenvalue weighted by Crippen LogP contribution is -2.39. The zero-order valence-corrected chi connectivity index (χ0v) is 17.2. The molecule has 154 valence electrons. The highest BCUT2D eigenvalue weighted by Crippen LogP contribution is 2.12. The average Bonchev–Trinajstić information content (AvgIpc) is 2.98. The van der Waals surface area contributed by atoms with E-state index in [0.29, 0.717) is 38.3 Å². The second kappa shape index (κ2) is 10.0. The number of anilines is 1. The summed E-state index contributed by atoms with van der Waals surface area (Å²) in [7, 11) is 4.01. The molecule has 0 unspecified atom stereocenters. The Kier molecular flexibility index (Phi) is 7.19. The summed E-state index contributed by atoms with van der Waals surface area (Å²) in [6, 6.07) is 11.6. The van der Waals surface area contributed by atoms with Crippen LogP contribution in [0.5, 0.6) is 0 Å². The van der Waals surface area contributed by atoms with Gasteiger partial charge >= 0.3 is 0 Å². The summed E-state index contributed by atoms with van der Waals surface area (Å²) in [5, 5.41) is 2.99. The summed E-state index contributed by atoms with van der Waals surface area (Å²) in [4.78, 5) is 34.9. The molecule has 2 aromatic rings. The maximum atomic E-state index is 12.6. The first-order chi connectivity index (χ1) is 14.0. The fourth-order valence-electron chi connectivity index (χ4n) is 3.38. The molecule has 0 radical (unpaired) electrons. The van der Waals surface area contributed by atoms with Crippen LogP contribution >= 0.6 is 0 Å². The van der Waals surface area contributed by atoms with E-state index in [4.69, 9.17) is 0 Å². The molecular formula is C22H29N5O2. The third-order valence-electron chi connectivity index (χ3n) is 5.11.